The van der Waals surface area contributed by atoms with E-state index in [1.165, 1.54) is 30.5 Å². The number of carbonyl (C=O) groups is 2. The number of aryl methyl sites for hydroxylation is 1. The minimum atomic E-state index is -1.35. The van der Waals surface area contributed by atoms with Crippen molar-refractivity contribution in [3.8, 4) is 16.9 Å². The van der Waals surface area contributed by atoms with E-state index in [1.807, 2.05) is 0 Å². The Kier molecular flexibility index (Phi) is 5.29. The highest BCUT2D eigenvalue weighted by Gasteiger charge is 2.26. The van der Waals surface area contributed by atoms with Crippen molar-refractivity contribution < 1.29 is 28.6 Å². The van der Waals surface area contributed by atoms with Crippen LogP contribution >= 0.6 is 11.3 Å². The van der Waals surface area contributed by atoms with E-state index in [1.54, 1.807) is 30.3 Å². The molecule has 0 aliphatic rings. The van der Waals surface area contributed by atoms with Gasteiger partial charge in [-0.2, -0.15) is 0 Å². The van der Waals surface area contributed by atoms with Gasteiger partial charge in [0.15, 0.2) is 17.4 Å². The first-order valence-corrected chi connectivity index (χ1v) is 10.2. The van der Waals surface area contributed by atoms with Crippen LogP contribution in [0.4, 0.5) is 8.78 Å². The second kappa shape index (κ2) is 7.92. The fraction of sp³-hybridized carbons (Fsp3) is 0.0833. The number of halogens is 2. The molecule has 0 radical (unpaired) electrons. The molecule has 4 nitrogen and oxygen atoms in total. The summed E-state index contributed by atoms with van der Waals surface area (Å²) in [6, 6.07) is 12.8. The number of ketones is 1. The molecule has 0 spiro atoms. The average Bonchev–Trinajstić information content (AvgIpc) is 3.15. The molecular formula is C24H16F2O4S. The molecule has 1 heterocycles. The van der Waals surface area contributed by atoms with Crippen LogP contribution in [0.3, 0.4) is 0 Å². The van der Waals surface area contributed by atoms with Crippen LogP contribution in [-0.2, 0) is 6.42 Å². The molecule has 0 aliphatic heterocycles. The third-order valence-corrected chi connectivity index (χ3v) is 6.14. The van der Waals surface area contributed by atoms with Gasteiger partial charge in [0.25, 0.3) is 0 Å². The van der Waals surface area contributed by atoms with Crippen molar-refractivity contribution in [2.24, 2.45) is 0 Å². The third-order valence-electron chi connectivity index (χ3n) is 5.15. The number of hydrogen-bond acceptors (Lipinski definition) is 4. The number of fused-ring (bicyclic) bond motifs is 1. The molecule has 0 atom stereocenters. The van der Waals surface area contributed by atoms with Gasteiger partial charge in [-0.25, -0.2) is 13.6 Å². The van der Waals surface area contributed by atoms with E-state index in [4.69, 9.17) is 0 Å². The van der Waals surface area contributed by atoms with Crippen molar-refractivity contribution in [2.45, 2.75) is 13.3 Å². The zero-order valence-corrected chi connectivity index (χ0v) is 17.1. The van der Waals surface area contributed by atoms with Crippen LogP contribution in [0, 0.1) is 18.6 Å². The lowest BCUT2D eigenvalue weighted by atomic mass is 9.96. The number of carboxylic acids is 1. The number of aromatic carboxylic acids is 1. The number of rotatable bonds is 5. The van der Waals surface area contributed by atoms with Gasteiger partial charge in [-0.15, -0.1) is 11.3 Å². The molecule has 0 bridgehead atoms. The van der Waals surface area contributed by atoms with Crippen molar-refractivity contribution in [1.82, 2.24) is 0 Å². The van der Waals surface area contributed by atoms with E-state index in [2.05, 4.69) is 0 Å². The Bertz CT molecular complexity index is 1360. The summed E-state index contributed by atoms with van der Waals surface area (Å²) in [4.78, 5) is 25.2. The summed E-state index contributed by atoms with van der Waals surface area (Å²) >= 11 is 0.980. The first kappa shape index (κ1) is 20.7. The van der Waals surface area contributed by atoms with Gasteiger partial charge in [-0.05, 0) is 34.7 Å². The van der Waals surface area contributed by atoms with Crippen molar-refractivity contribution >= 4 is 33.9 Å². The standard InChI is InChI=1S/C24H16F2O4S/c1-12-6-8-15(23(26)22(12)25)16-11-31-19(21(16)24(29)30)10-18(28)20-14-5-3-2-4-13(14)7-9-17(20)27/h2-9,11,27H,10H2,1H3,(H,29,30). The number of Topliss-reactive ketones (excluding diaryl/α,β-unsaturated/α-hetero) is 1. The number of carboxylic acid groups (broad SMARTS) is 1. The van der Waals surface area contributed by atoms with Crippen LogP contribution < -0.4 is 0 Å². The molecule has 0 saturated carbocycles. The number of phenols is 1. The van der Waals surface area contributed by atoms with Gasteiger partial charge in [-0.1, -0.05) is 42.5 Å². The Morgan fingerprint density at radius 3 is 2.42 bits per heavy atom. The van der Waals surface area contributed by atoms with Gasteiger partial charge in [0.1, 0.15) is 5.75 Å². The number of phenolic OH excluding ortho intramolecular Hbond substituents is 1. The van der Waals surface area contributed by atoms with Crippen LogP contribution in [0.1, 0.15) is 31.2 Å². The zero-order valence-electron chi connectivity index (χ0n) is 16.3. The van der Waals surface area contributed by atoms with Crippen molar-refractivity contribution in [1.29, 1.82) is 0 Å². The minimum Gasteiger partial charge on any atom is -0.507 e. The third kappa shape index (κ3) is 3.57. The molecular weight excluding hydrogens is 422 g/mol. The van der Waals surface area contributed by atoms with Gasteiger partial charge in [0, 0.05) is 22.4 Å². The van der Waals surface area contributed by atoms with Gasteiger partial charge in [0.2, 0.25) is 0 Å². The summed E-state index contributed by atoms with van der Waals surface area (Å²) in [7, 11) is 0. The molecule has 0 amide bonds. The fourth-order valence-corrected chi connectivity index (χ4v) is 4.64. The van der Waals surface area contributed by atoms with Crippen molar-refractivity contribution in [2.75, 3.05) is 0 Å². The number of thiophene rings is 1. The maximum absolute atomic E-state index is 14.5. The van der Waals surface area contributed by atoms with Crippen molar-refractivity contribution in [3.63, 3.8) is 0 Å². The Balaban J connectivity index is 1.80. The predicted molar refractivity (Wildman–Crippen MR) is 115 cm³/mol. The number of aromatic hydroxyl groups is 1. The topological polar surface area (TPSA) is 74.6 Å². The number of hydrogen-bond donors (Lipinski definition) is 2. The quantitative estimate of drug-likeness (QED) is 0.376. The lowest BCUT2D eigenvalue weighted by molar-refractivity contribution is 0.0697. The Hall–Kier alpha value is -3.58. The van der Waals surface area contributed by atoms with Crippen LogP contribution in [-0.4, -0.2) is 22.0 Å². The van der Waals surface area contributed by atoms with Gasteiger partial charge >= 0.3 is 5.97 Å². The number of carbonyl (C=O) groups excluding carboxylic acids is 1. The molecule has 7 heteroatoms. The van der Waals surface area contributed by atoms with Gasteiger partial charge in [-0.3, -0.25) is 4.79 Å². The lowest BCUT2D eigenvalue weighted by Crippen LogP contribution is -2.08. The first-order valence-electron chi connectivity index (χ1n) is 9.32. The Labute approximate surface area is 180 Å². The molecule has 4 rings (SSSR count). The maximum Gasteiger partial charge on any atom is 0.337 e. The van der Waals surface area contributed by atoms with Crippen LogP contribution in [0.25, 0.3) is 21.9 Å². The molecule has 31 heavy (non-hydrogen) atoms. The van der Waals surface area contributed by atoms with Gasteiger partial charge < -0.3 is 10.2 Å². The molecule has 0 saturated heterocycles. The molecule has 4 aromatic rings. The zero-order chi connectivity index (χ0) is 22.3. The van der Waals surface area contributed by atoms with E-state index in [9.17, 15) is 28.6 Å². The minimum absolute atomic E-state index is 0.0128. The molecule has 1 aromatic heterocycles. The Morgan fingerprint density at radius 2 is 1.68 bits per heavy atom. The van der Waals surface area contributed by atoms with Crippen molar-refractivity contribution in [3.05, 3.63) is 87.1 Å². The summed E-state index contributed by atoms with van der Waals surface area (Å²) in [5.74, 6) is -4.20. The highest BCUT2D eigenvalue weighted by atomic mass is 32.1. The van der Waals surface area contributed by atoms with Gasteiger partial charge in [0.05, 0.1) is 11.1 Å². The summed E-state index contributed by atoms with van der Waals surface area (Å²) < 4.78 is 28.5. The molecule has 2 N–H and O–H groups in total. The summed E-state index contributed by atoms with van der Waals surface area (Å²) in [5, 5.41) is 22.7. The first-order chi connectivity index (χ1) is 14.8. The lowest BCUT2D eigenvalue weighted by Gasteiger charge is -2.09. The summed E-state index contributed by atoms with van der Waals surface area (Å²) in [6.45, 7) is 1.41. The summed E-state index contributed by atoms with van der Waals surface area (Å²) in [6.07, 6.45) is -0.302. The van der Waals surface area contributed by atoms with E-state index < -0.39 is 23.4 Å². The Morgan fingerprint density at radius 1 is 0.935 bits per heavy atom. The van der Waals surface area contributed by atoms with E-state index in [-0.39, 0.29) is 44.9 Å². The highest BCUT2D eigenvalue weighted by molar-refractivity contribution is 7.11. The van der Waals surface area contributed by atoms with Crippen LogP contribution in [0.2, 0.25) is 0 Å². The van der Waals surface area contributed by atoms with E-state index >= 15 is 0 Å². The molecule has 0 fully saturated rings. The molecule has 3 aromatic carbocycles. The van der Waals surface area contributed by atoms with E-state index in [0.29, 0.717) is 5.39 Å². The smallest absolute Gasteiger partial charge is 0.337 e. The maximum atomic E-state index is 14.5. The second-order valence-electron chi connectivity index (χ2n) is 7.09. The largest absolute Gasteiger partial charge is 0.507 e. The molecule has 0 unspecified atom stereocenters. The van der Waals surface area contributed by atoms with Crippen LogP contribution in [0.5, 0.6) is 5.75 Å². The number of benzene rings is 3. The molecule has 0 aliphatic carbocycles. The molecule has 156 valence electrons. The van der Waals surface area contributed by atoms with Crippen LogP contribution in [0.15, 0.2) is 53.9 Å². The monoisotopic (exact) mass is 438 g/mol. The second-order valence-corrected chi connectivity index (χ2v) is 8.06. The average molecular weight is 438 g/mol. The predicted octanol–water partition coefficient (Wildman–Crippen LogP) is 5.98. The van der Waals surface area contributed by atoms with E-state index in [0.717, 1.165) is 16.7 Å². The normalized spacial score (nSPS) is 11.1. The fourth-order valence-electron chi connectivity index (χ4n) is 3.60. The SMILES string of the molecule is Cc1ccc(-c2csc(CC(=O)c3c(O)ccc4ccccc34)c2C(=O)O)c(F)c1F. The highest BCUT2D eigenvalue weighted by Crippen LogP contribution is 2.36. The summed E-state index contributed by atoms with van der Waals surface area (Å²) in [5.41, 5.74) is -0.213.